The van der Waals surface area contributed by atoms with Crippen molar-refractivity contribution >= 4 is 5.91 Å². The Hall–Kier alpha value is -1.59. The summed E-state index contributed by atoms with van der Waals surface area (Å²) >= 11 is 0. The summed E-state index contributed by atoms with van der Waals surface area (Å²) in [4.78, 5) is 14.3. The maximum atomic E-state index is 12.5. The molecule has 110 valence electrons. The van der Waals surface area contributed by atoms with E-state index in [0.29, 0.717) is 32.7 Å². The van der Waals surface area contributed by atoms with Crippen LogP contribution in [-0.4, -0.2) is 43.2 Å². The molecule has 2 N–H and O–H groups in total. The molecule has 0 saturated carbocycles. The molecule has 1 atom stereocenters. The first-order chi connectivity index (χ1) is 9.59. The Morgan fingerprint density at radius 1 is 1.45 bits per heavy atom. The van der Waals surface area contributed by atoms with E-state index in [-0.39, 0.29) is 5.91 Å². The van der Waals surface area contributed by atoms with E-state index in [0.717, 1.165) is 11.3 Å². The van der Waals surface area contributed by atoms with Gasteiger partial charge >= 0.3 is 0 Å². The Morgan fingerprint density at radius 3 is 2.65 bits per heavy atom. The lowest BCUT2D eigenvalue weighted by molar-refractivity contribution is -0.137. The smallest absolute Gasteiger partial charge is 0.245 e. The summed E-state index contributed by atoms with van der Waals surface area (Å²) in [5.41, 5.74) is 6.34. The van der Waals surface area contributed by atoms with Crippen molar-refractivity contribution in [2.24, 2.45) is 5.73 Å². The van der Waals surface area contributed by atoms with Crippen molar-refractivity contribution in [1.29, 1.82) is 0 Å². The molecule has 5 nitrogen and oxygen atoms in total. The Balaban J connectivity index is 2.06. The molecule has 20 heavy (non-hydrogen) atoms. The van der Waals surface area contributed by atoms with Crippen LogP contribution < -0.4 is 10.5 Å². The molecule has 0 spiro atoms. The third-order valence-electron chi connectivity index (χ3n) is 3.68. The third-order valence-corrected chi connectivity index (χ3v) is 3.68. The topological polar surface area (TPSA) is 64.8 Å². The van der Waals surface area contributed by atoms with Gasteiger partial charge in [-0.1, -0.05) is 12.1 Å². The number of amides is 1. The third kappa shape index (κ3) is 3.11. The van der Waals surface area contributed by atoms with Gasteiger partial charge in [0.05, 0.1) is 13.7 Å². The molecule has 1 heterocycles. The second-order valence-corrected chi connectivity index (χ2v) is 5.13. The Kier molecular flexibility index (Phi) is 4.62. The van der Waals surface area contributed by atoms with E-state index in [1.807, 2.05) is 31.2 Å². The first-order valence-electron chi connectivity index (χ1n) is 6.88. The molecule has 1 aromatic carbocycles. The molecule has 1 saturated heterocycles. The Morgan fingerprint density at radius 2 is 2.15 bits per heavy atom. The van der Waals surface area contributed by atoms with Crippen LogP contribution in [0.2, 0.25) is 0 Å². The van der Waals surface area contributed by atoms with Gasteiger partial charge < -0.3 is 20.1 Å². The molecule has 0 aliphatic carbocycles. The number of ether oxygens (including phenoxy) is 2. The van der Waals surface area contributed by atoms with Crippen LogP contribution in [0.1, 0.15) is 18.9 Å². The lowest BCUT2D eigenvalue weighted by atomic mass is 9.98. The maximum absolute atomic E-state index is 12.5. The number of hydrogen-bond donors (Lipinski definition) is 1. The van der Waals surface area contributed by atoms with Crippen molar-refractivity contribution in [3.05, 3.63) is 29.8 Å². The van der Waals surface area contributed by atoms with Crippen LogP contribution in [0.4, 0.5) is 0 Å². The lowest BCUT2D eigenvalue weighted by Crippen LogP contribution is -2.55. The lowest BCUT2D eigenvalue weighted by Gasteiger charge is -2.29. The minimum Gasteiger partial charge on any atom is -0.497 e. The summed E-state index contributed by atoms with van der Waals surface area (Å²) in [6, 6.07) is 7.71. The summed E-state index contributed by atoms with van der Waals surface area (Å²) in [5, 5.41) is 0. The molecule has 5 heteroatoms. The highest BCUT2D eigenvalue weighted by molar-refractivity contribution is 5.86. The average molecular weight is 278 g/mol. The van der Waals surface area contributed by atoms with Crippen LogP contribution in [0.25, 0.3) is 0 Å². The molecule has 1 amide bonds. The van der Waals surface area contributed by atoms with Gasteiger partial charge in [-0.2, -0.15) is 0 Å². The summed E-state index contributed by atoms with van der Waals surface area (Å²) in [5.74, 6) is 0.774. The normalized spacial score (nSPS) is 21.8. The van der Waals surface area contributed by atoms with E-state index in [4.69, 9.17) is 15.2 Å². The van der Waals surface area contributed by atoms with Gasteiger partial charge in [-0.05, 0) is 31.0 Å². The van der Waals surface area contributed by atoms with Crippen LogP contribution >= 0.6 is 0 Å². The van der Waals surface area contributed by atoms with Gasteiger partial charge in [0.25, 0.3) is 0 Å². The average Bonchev–Trinajstić information content (AvgIpc) is 2.93. The van der Waals surface area contributed by atoms with E-state index in [1.54, 1.807) is 12.0 Å². The molecule has 0 bridgehead atoms. The van der Waals surface area contributed by atoms with Crippen molar-refractivity contribution in [2.75, 3.05) is 26.9 Å². The fraction of sp³-hybridized carbons (Fsp3) is 0.533. The van der Waals surface area contributed by atoms with E-state index >= 15 is 0 Å². The first kappa shape index (κ1) is 14.8. The number of nitrogens with zero attached hydrogens (tertiary/aromatic N) is 1. The quantitative estimate of drug-likeness (QED) is 0.878. The first-order valence-corrected chi connectivity index (χ1v) is 6.88. The number of likely N-dealkylation sites (N-methyl/N-ethyl adjacent to an activating group) is 1. The fourth-order valence-corrected chi connectivity index (χ4v) is 2.34. The molecule has 1 aromatic rings. The van der Waals surface area contributed by atoms with Gasteiger partial charge in [0.15, 0.2) is 0 Å². The second-order valence-electron chi connectivity index (χ2n) is 5.13. The van der Waals surface area contributed by atoms with E-state index in [9.17, 15) is 4.79 Å². The number of rotatable bonds is 5. The summed E-state index contributed by atoms with van der Waals surface area (Å²) in [7, 11) is 1.63. The summed E-state index contributed by atoms with van der Waals surface area (Å²) < 4.78 is 10.4. The zero-order valence-electron chi connectivity index (χ0n) is 12.1. The van der Waals surface area contributed by atoms with Crippen LogP contribution in [0.5, 0.6) is 5.75 Å². The molecule has 1 aliphatic rings. The number of nitrogens with two attached hydrogens (primary N) is 1. The van der Waals surface area contributed by atoms with Crippen LogP contribution in [0.3, 0.4) is 0 Å². The van der Waals surface area contributed by atoms with Gasteiger partial charge in [0.2, 0.25) is 5.91 Å². The molecule has 1 fully saturated rings. The van der Waals surface area contributed by atoms with E-state index < -0.39 is 5.54 Å². The number of hydrogen-bond acceptors (Lipinski definition) is 4. The standard InChI is InChI=1S/C15H22N2O3/c1-3-17(14(18)15(16)8-9-20-11-15)10-12-4-6-13(19-2)7-5-12/h4-7H,3,8-11,16H2,1-2H3. The van der Waals surface area contributed by atoms with Gasteiger partial charge in [-0.15, -0.1) is 0 Å². The minimum absolute atomic E-state index is 0.0340. The zero-order valence-corrected chi connectivity index (χ0v) is 12.1. The van der Waals surface area contributed by atoms with Crippen LogP contribution in [0.15, 0.2) is 24.3 Å². The van der Waals surface area contributed by atoms with Crippen molar-refractivity contribution < 1.29 is 14.3 Å². The van der Waals surface area contributed by atoms with Crippen molar-refractivity contribution in [3.8, 4) is 5.75 Å². The van der Waals surface area contributed by atoms with Crippen molar-refractivity contribution in [3.63, 3.8) is 0 Å². The molecular weight excluding hydrogens is 256 g/mol. The molecule has 1 aliphatic heterocycles. The molecule has 1 unspecified atom stereocenters. The maximum Gasteiger partial charge on any atom is 0.245 e. The van der Waals surface area contributed by atoms with Crippen molar-refractivity contribution in [1.82, 2.24) is 4.90 Å². The van der Waals surface area contributed by atoms with E-state index in [2.05, 4.69) is 0 Å². The predicted molar refractivity (Wildman–Crippen MR) is 76.4 cm³/mol. The second kappa shape index (κ2) is 6.24. The fourth-order valence-electron chi connectivity index (χ4n) is 2.34. The molecule has 2 rings (SSSR count). The van der Waals surface area contributed by atoms with Crippen LogP contribution in [-0.2, 0) is 16.1 Å². The van der Waals surface area contributed by atoms with Gasteiger partial charge in [-0.25, -0.2) is 0 Å². The zero-order chi connectivity index (χ0) is 14.6. The SMILES string of the molecule is CCN(Cc1ccc(OC)cc1)C(=O)C1(N)CCOC1. The molecule has 0 radical (unpaired) electrons. The van der Waals surface area contributed by atoms with Gasteiger partial charge in [0, 0.05) is 19.7 Å². The number of carbonyl (C=O) groups is 1. The minimum atomic E-state index is -0.859. The Labute approximate surface area is 119 Å². The molecular formula is C15H22N2O3. The number of benzene rings is 1. The highest BCUT2D eigenvalue weighted by atomic mass is 16.5. The van der Waals surface area contributed by atoms with Gasteiger partial charge in [0.1, 0.15) is 11.3 Å². The largest absolute Gasteiger partial charge is 0.497 e. The number of methoxy groups -OCH3 is 1. The van der Waals surface area contributed by atoms with E-state index in [1.165, 1.54) is 0 Å². The highest BCUT2D eigenvalue weighted by Gasteiger charge is 2.40. The monoisotopic (exact) mass is 278 g/mol. The summed E-state index contributed by atoms with van der Waals surface area (Å²) in [6.07, 6.45) is 0.588. The summed E-state index contributed by atoms with van der Waals surface area (Å²) in [6.45, 7) is 4.01. The Bertz CT molecular complexity index is 453. The van der Waals surface area contributed by atoms with Crippen LogP contribution in [0, 0.1) is 0 Å². The highest BCUT2D eigenvalue weighted by Crippen LogP contribution is 2.20. The predicted octanol–water partition coefficient (Wildman–Crippen LogP) is 1.16. The van der Waals surface area contributed by atoms with Crippen molar-refractivity contribution in [2.45, 2.75) is 25.4 Å². The number of carbonyl (C=O) groups excluding carboxylic acids is 1. The van der Waals surface area contributed by atoms with Gasteiger partial charge in [-0.3, -0.25) is 4.79 Å². The molecule has 0 aromatic heterocycles.